The molecule has 3 aliphatic heterocycles. The SMILES string of the molecule is Brc1ccc2c3c(cccc13)C=C2.C1CCOC1.CC(C)OB1OC(C)(C)C(C)(C)O1.CC1(C)OB(c2ccc3c4c(cccc24)C=C3)OC1(C)C.[CH2-]CCC.[Li+]. The Morgan fingerprint density at radius 2 is 1.07 bits per heavy atom. The number of benzene rings is 4. The molecule has 3 heterocycles. The summed E-state index contributed by atoms with van der Waals surface area (Å²) in [6, 6.07) is 21.4. The third kappa shape index (κ3) is 11.2. The van der Waals surface area contributed by atoms with Gasteiger partial charge in [-0.2, -0.15) is 6.42 Å². The van der Waals surface area contributed by atoms with Crippen LogP contribution in [0.5, 0.6) is 0 Å². The smallest absolute Gasteiger partial charge is 0.399 e. The molecule has 0 unspecified atom stereocenters. The molecule has 3 fully saturated rings. The summed E-state index contributed by atoms with van der Waals surface area (Å²) in [6.45, 7) is 28.1. The summed E-state index contributed by atoms with van der Waals surface area (Å²) < 4.78 is 35.3. The van der Waals surface area contributed by atoms with Gasteiger partial charge in [-0.05, 0) is 137 Å². The van der Waals surface area contributed by atoms with Crippen LogP contribution in [0.4, 0.5) is 0 Å². The molecule has 4 aromatic rings. The number of hydrogen-bond donors (Lipinski definition) is 0. The van der Waals surface area contributed by atoms with Gasteiger partial charge in [0.15, 0.2) is 0 Å². The fraction of sp³-hybridized carbons (Fsp3) is 0.468. The Labute approximate surface area is 364 Å². The topological polar surface area (TPSA) is 55.4 Å². The van der Waals surface area contributed by atoms with E-state index in [-0.39, 0.29) is 54.5 Å². The minimum atomic E-state index is -0.523. The first-order chi connectivity index (χ1) is 26.4. The summed E-state index contributed by atoms with van der Waals surface area (Å²) in [5.74, 6) is 0. The van der Waals surface area contributed by atoms with Gasteiger partial charge in [0.1, 0.15) is 0 Å². The molecule has 300 valence electrons. The standard InChI is InChI=1S/C18H19BO2.C12H7Br.C9H19BO3.C4H8O.C4H9.Li/c1-17(2)18(3,4)21-19(20-17)15-11-10-13-9-8-12-6-5-7-14(15)16(12)13;13-11-7-6-9-5-4-8-2-1-3-10(11)12(8)9;1-7(2)11-10-12-8(3,4)9(5,6)13-10;1-2-4-5-3-1;1-3-4-2;/h5-11H,1-4H3;1-7H;7H,1-6H3;1-4H2;1,3-4H2,2H3;/q;;;;-1;+1. The van der Waals surface area contributed by atoms with Crippen molar-refractivity contribution in [1.29, 1.82) is 0 Å². The largest absolute Gasteiger partial charge is 1.00 e. The van der Waals surface area contributed by atoms with Crippen molar-refractivity contribution in [2.24, 2.45) is 0 Å². The van der Waals surface area contributed by atoms with Crippen molar-refractivity contribution < 1.29 is 46.9 Å². The van der Waals surface area contributed by atoms with Crippen LogP contribution in [0, 0.1) is 6.92 Å². The molecule has 0 saturated carbocycles. The van der Waals surface area contributed by atoms with E-state index < -0.39 is 7.32 Å². The summed E-state index contributed by atoms with van der Waals surface area (Å²) in [7, 11) is -0.829. The molecule has 0 aromatic heterocycles. The molecule has 6 nitrogen and oxygen atoms in total. The third-order valence-corrected chi connectivity index (χ3v) is 12.1. The second-order valence-corrected chi connectivity index (χ2v) is 17.9. The molecule has 0 amide bonds. The van der Waals surface area contributed by atoms with Gasteiger partial charge in [0, 0.05) is 23.8 Å². The summed E-state index contributed by atoms with van der Waals surface area (Å²) >= 11 is 3.57. The zero-order chi connectivity index (χ0) is 40.9. The van der Waals surface area contributed by atoms with Gasteiger partial charge in [-0.15, -0.1) is 0 Å². The quantitative estimate of drug-likeness (QED) is 0.131. The van der Waals surface area contributed by atoms with Crippen LogP contribution in [-0.2, 0) is 28.0 Å². The Morgan fingerprint density at radius 1 is 0.649 bits per heavy atom. The Kier molecular flexibility index (Phi) is 16.6. The molecule has 4 aromatic carbocycles. The van der Waals surface area contributed by atoms with Crippen molar-refractivity contribution in [3.05, 3.63) is 94.3 Å². The molecule has 0 atom stereocenters. The van der Waals surface area contributed by atoms with E-state index >= 15 is 0 Å². The molecule has 3 saturated heterocycles. The van der Waals surface area contributed by atoms with Gasteiger partial charge in [-0.1, -0.05) is 108 Å². The Hall–Kier alpha value is -2.15. The molecule has 2 aliphatic carbocycles. The fourth-order valence-electron chi connectivity index (χ4n) is 6.58. The first-order valence-corrected chi connectivity index (χ1v) is 21.1. The maximum atomic E-state index is 6.22. The van der Waals surface area contributed by atoms with Gasteiger partial charge < -0.3 is 34.9 Å². The van der Waals surface area contributed by atoms with Gasteiger partial charge in [-0.25, -0.2) is 0 Å². The van der Waals surface area contributed by atoms with Crippen LogP contribution in [0.15, 0.2) is 65.1 Å². The van der Waals surface area contributed by atoms with Gasteiger partial charge in [0.2, 0.25) is 0 Å². The summed E-state index contributed by atoms with van der Waals surface area (Å²) in [4.78, 5) is 0. The number of unbranched alkanes of at least 4 members (excludes halogenated alkanes) is 1. The third-order valence-electron chi connectivity index (χ3n) is 11.4. The minimum absolute atomic E-state index is 0. The second-order valence-electron chi connectivity index (χ2n) is 17.1. The van der Waals surface area contributed by atoms with Crippen molar-refractivity contribution in [2.75, 3.05) is 13.2 Å². The van der Waals surface area contributed by atoms with E-state index in [0.717, 1.165) is 25.1 Å². The summed E-state index contributed by atoms with van der Waals surface area (Å²) in [5, 5.41) is 5.22. The van der Waals surface area contributed by atoms with E-state index in [2.05, 4.69) is 142 Å². The van der Waals surface area contributed by atoms with Crippen LogP contribution in [0.25, 0.3) is 45.8 Å². The molecule has 0 radical (unpaired) electrons. The van der Waals surface area contributed by atoms with Crippen molar-refractivity contribution in [3.63, 3.8) is 0 Å². The summed E-state index contributed by atoms with van der Waals surface area (Å²) in [5.41, 5.74) is 5.12. The molecule has 9 rings (SSSR count). The molecule has 0 bridgehead atoms. The Balaban J connectivity index is 0.000000175. The van der Waals surface area contributed by atoms with E-state index in [9.17, 15) is 0 Å². The van der Waals surface area contributed by atoms with E-state index in [1.807, 2.05) is 41.5 Å². The van der Waals surface area contributed by atoms with Crippen molar-refractivity contribution in [3.8, 4) is 0 Å². The number of hydrogen-bond acceptors (Lipinski definition) is 6. The predicted octanol–water partition coefficient (Wildman–Crippen LogP) is 9.13. The molecular weight excluding hydrogens is 769 g/mol. The molecule has 0 spiro atoms. The van der Waals surface area contributed by atoms with Crippen molar-refractivity contribution in [1.82, 2.24) is 0 Å². The Morgan fingerprint density at radius 3 is 1.51 bits per heavy atom. The van der Waals surface area contributed by atoms with Gasteiger partial charge in [0.25, 0.3) is 0 Å². The van der Waals surface area contributed by atoms with Crippen molar-refractivity contribution in [2.45, 2.75) is 130 Å². The van der Waals surface area contributed by atoms with Crippen LogP contribution in [0.1, 0.15) is 124 Å². The maximum Gasteiger partial charge on any atom is 1.00 e. The number of halogens is 1. The van der Waals surface area contributed by atoms with Crippen LogP contribution in [-0.4, -0.2) is 56.2 Å². The van der Waals surface area contributed by atoms with Crippen LogP contribution in [0.3, 0.4) is 0 Å². The Bertz CT molecular complexity index is 1950. The molecule has 10 heteroatoms. The molecule has 0 N–H and O–H groups in total. The van der Waals surface area contributed by atoms with Crippen molar-refractivity contribution >= 4 is 81.7 Å². The predicted molar refractivity (Wildman–Crippen MR) is 242 cm³/mol. The average Bonchev–Trinajstić information content (AvgIpc) is 3.98. The van der Waals surface area contributed by atoms with Crippen LogP contribution < -0.4 is 24.3 Å². The number of rotatable bonds is 4. The minimum Gasteiger partial charge on any atom is -0.399 e. The normalized spacial score (nSPS) is 19.3. The average molecular weight is 831 g/mol. The maximum absolute atomic E-state index is 6.22. The monoisotopic (exact) mass is 830 g/mol. The van der Waals surface area contributed by atoms with Gasteiger partial charge in [0.05, 0.1) is 22.4 Å². The van der Waals surface area contributed by atoms with E-state index in [0.29, 0.717) is 0 Å². The number of ether oxygens (including phenoxy) is 1. The van der Waals surface area contributed by atoms with Gasteiger partial charge >= 0.3 is 33.3 Å². The fourth-order valence-corrected chi connectivity index (χ4v) is 7.04. The van der Waals surface area contributed by atoms with Gasteiger partial charge in [-0.3, -0.25) is 0 Å². The summed E-state index contributed by atoms with van der Waals surface area (Å²) in [6.07, 6.45) is 13.6. The zero-order valence-electron chi connectivity index (χ0n) is 36.6. The molecule has 5 aliphatic rings. The molecule has 57 heavy (non-hydrogen) atoms. The van der Waals surface area contributed by atoms with E-state index in [1.165, 1.54) is 67.5 Å². The molecular formula is C47H62B2BrLiO6. The first-order valence-electron chi connectivity index (χ1n) is 20.3. The van der Waals surface area contributed by atoms with Crippen LogP contribution >= 0.6 is 15.9 Å². The second kappa shape index (κ2) is 19.9. The van der Waals surface area contributed by atoms with E-state index in [4.69, 9.17) is 28.0 Å². The van der Waals surface area contributed by atoms with E-state index in [1.54, 1.807) is 0 Å². The van der Waals surface area contributed by atoms with Crippen LogP contribution in [0.2, 0.25) is 0 Å². The zero-order valence-corrected chi connectivity index (χ0v) is 38.2. The first kappa shape index (κ1) is 47.5.